The summed E-state index contributed by atoms with van der Waals surface area (Å²) in [6, 6.07) is 8.91. The van der Waals surface area contributed by atoms with E-state index in [4.69, 9.17) is 4.74 Å². The van der Waals surface area contributed by atoms with Gasteiger partial charge in [-0.25, -0.2) is 0 Å². The van der Waals surface area contributed by atoms with E-state index in [0.29, 0.717) is 0 Å². The minimum absolute atomic E-state index is 0.223. The first kappa shape index (κ1) is 13.1. The summed E-state index contributed by atoms with van der Waals surface area (Å²) in [7, 11) is 0. The van der Waals surface area contributed by atoms with Gasteiger partial charge in [-0.1, -0.05) is 24.3 Å². The summed E-state index contributed by atoms with van der Waals surface area (Å²) in [5.74, 6) is 0. The molecule has 3 heteroatoms. The van der Waals surface area contributed by atoms with Gasteiger partial charge in [-0.2, -0.15) is 0 Å². The van der Waals surface area contributed by atoms with Crippen molar-refractivity contribution in [2.45, 2.75) is 25.3 Å². The second-order valence-corrected chi connectivity index (χ2v) is 5.70. The fourth-order valence-corrected chi connectivity index (χ4v) is 3.68. The number of piperidine rings is 1. The van der Waals surface area contributed by atoms with Crippen LogP contribution in [0.2, 0.25) is 0 Å². The maximum absolute atomic E-state index is 5.54. The highest BCUT2D eigenvalue weighted by Crippen LogP contribution is 2.39. The molecule has 1 N–H and O–H groups in total. The fraction of sp³-hybridized carbons (Fsp3) is 0.625. The highest BCUT2D eigenvalue weighted by molar-refractivity contribution is 5.33. The Morgan fingerprint density at radius 1 is 1.11 bits per heavy atom. The van der Waals surface area contributed by atoms with E-state index in [1.54, 1.807) is 0 Å². The van der Waals surface area contributed by atoms with Crippen LogP contribution in [0.1, 0.15) is 24.0 Å². The van der Waals surface area contributed by atoms with E-state index in [9.17, 15) is 0 Å². The molecule has 0 spiro atoms. The third kappa shape index (κ3) is 2.42. The maximum Gasteiger partial charge on any atom is 0.0594 e. The first-order valence-electron chi connectivity index (χ1n) is 7.42. The van der Waals surface area contributed by atoms with Crippen LogP contribution in [-0.4, -0.2) is 44.3 Å². The minimum atomic E-state index is 0.223. The molecule has 2 aliphatic rings. The Morgan fingerprint density at radius 2 is 1.79 bits per heavy atom. The van der Waals surface area contributed by atoms with Crippen molar-refractivity contribution in [3.63, 3.8) is 0 Å². The lowest BCUT2D eigenvalue weighted by atomic mass is 9.77. The zero-order valence-corrected chi connectivity index (χ0v) is 11.8. The van der Waals surface area contributed by atoms with E-state index in [1.165, 1.54) is 24.0 Å². The molecular weight excluding hydrogens is 236 g/mol. The number of nitrogens with one attached hydrogen (secondary N) is 1. The van der Waals surface area contributed by atoms with Gasteiger partial charge in [0.25, 0.3) is 0 Å². The largest absolute Gasteiger partial charge is 0.379 e. The number of hydrogen-bond acceptors (Lipinski definition) is 3. The molecule has 0 saturated carbocycles. The number of hydrogen-bond donors (Lipinski definition) is 1. The molecule has 2 aliphatic heterocycles. The van der Waals surface area contributed by atoms with Crippen molar-refractivity contribution in [1.29, 1.82) is 0 Å². The predicted octanol–water partition coefficient (Wildman–Crippen LogP) is 1.91. The molecule has 0 bridgehead atoms. The molecule has 0 amide bonds. The van der Waals surface area contributed by atoms with Crippen LogP contribution in [0.25, 0.3) is 0 Å². The Morgan fingerprint density at radius 3 is 2.47 bits per heavy atom. The molecule has 2 saturated heterocycles. The maximum atomic E-state index is 5.54. The molecule has 3 nitrogen and oxygen atoms in total. The standard InChI is InChI=1S/C16H24N2O/c1-14-4-2-3-5-15(14)16(6-8-17-9-7-16)18-10-12-19-13-11-18/h2-5,17H,6-13H2,1H3. The van der Waals surface area contributed by atoms with Gasteiger partial charge in [0.1, 0.15) is 0 Å². The molecule has 104 valence electrons. The quantitative estimate of drug-likeness (QED) is 0.879. The number of rotatable bonds is 2. The molecule has 1 aromatic carbocycles. The van der Waals surface area contributed by atoms with Crippen LogP contribution in [-0.2, 0) is 10.3 Å². The first-order valence-corrected chi connectivity index (χ1v) is 7.42. The molecule has 3 rings (SSSR count). The summed E-state index contributed by atoms with van der Waals surface area (Å²) in [5, 5.41) is 3.51. The van der Waals surface area contributed by atoms with Crippen molar-refractivity contribution < 1.29 is 4.74 Å². The molecule has 2 heterocycles. The van der Waals surface area contributed by atoms with Crippen molar-refractivity contribution in [3.05, 3.63) is 35.4 Å². The van der Waals surface area contributed by atoms with Crippen molar-refractivity contribution in [1.82, 2.24) is 10.2 Å². The van der Waals surface area contributed by atoms with Crippen molar-refractivity contribution in [3.8, 4) is 0 Å². The van der Waals surface area contributed by atoms with Crippen LogP contribution >= 0.6 is 0 Å². The average Bonchev–Trinajstić information content (AvgIpc) is 2.49. The molecule has 0 atom stereocenters. The highest BCUT2D eigenvalue weighted by atomic mass is 16.5. The van der Waals surface area contributed by atoms with Crippen LogP contribution in [0.15, 0.2) is 24.3 Å². The second kappa shape index (κ2) is 5.61. The third-order valence-electron chi connectivity index (χ3n) is 4.69. The molecule has 0 aromatic heterocycles. The number of ether oxygens (including phenoxy) is 1. The normalized spacial score (nSPS) is 24.3. The Labute approximate surface area is 115 Å². The molecule has 0 aliphatic carbocycles. The van der Waals surface area contributed by atoms with Gasteiger partial charge in [0.15, 0.2) is 0 Å². The summed E-state index contributed by atoms with van der Waals surface area (Å²) < 4.78 is 5.54. The van der Waals surface area contributed by atoms with E-state index < -0.39 is 0 Å². The van der Waals surface area contributed by atoms with Gasteiger partial charge in [0.05, 0.1) is 13.2 Å². The molecule has 19 heavy (non-hydrogen) atoms. The second-order valence-electron chi connectivity index (χ2n) is 5.70. The van der Waals surface area contributed by atoms with E-state index in [0.717, 1.165) is 39.4 Å². The smallest absolute Gasteiger partial charge is 0.0594 e. The van der Waals surface area contributed by atoms with E-state index in [2.05, 4.69) is 41.4 Å². The number of benzene rings is 1. The number of nitrogens with zero attached hydrogens (tertiary/aromatic N) is 1. The van der Waals surface area contributed by atoms with Gasteiger partial charge in [0.2, 0.25) is 0 Å². The van der Waals surface area contributed by atoms with Gasteiger partial charge >= 0.3 is 0 Å². The molecule has 1 aromatic rings. The minimum Gasteiger partial charge on any atom is -0.379 e. The zero-order valence-electron chi connectivity index (χ0n) is 11.8. The number of morpholine rings is 1. The van der Waals surface area contributed by atoms with Gasteiger partial charge < -0.3 is 10.1 Å². The lowest BCUT2D eigenvalue weighted by Crippen LogP contribution is -2.56. The Hall–Kier alpha value is -0.900. The first-order chi connectivity index (χ1) is 9.33. The van der Waals surface area contributed by atoms with E-state index >= 15 is 0 Å². The van der Waals surface area contributed by atoms with Crippen LogP contribution in [0, 0.1) is 6.92 Å². The highest BCUT2D eigenvalue weighted by Gasteiger charge is 2.40. The van der Waals surface area contributed by atoms with E-state index in [1.807, 2.05) is 0 Å². The predicted molar refractivity (Wildman–Crippen MR) is 77.4 cm³/mol. The van der Waals surface area contributed by atoms with Crippen molar-refractivity contribution in [2.24, 2.45) is 0 Å². The SMILES string of the molecule is Cc1ccccc1C1(N2CCOCC2)CCNCC1. The van der Waals surface area contributed by atoms with Crippen LogP contribution in [0.5, 0.6) is 0 Å². The molecule has 2 fully saturated rings. The summed E-state index contributed by atoms with van der Waals surface area (Å²) in [5.41, 5.74) is 3.18. The Bertz CT molecular complexity index is 421. The Balaban J connectivity index is 1.98. The summed E-state index contributed by atoms with van der Waals surface area (Å²) in [6.07, 6.45) is 2.41. The topological polar surface area (TPSA) is 24.5 Å². The van der Waals surface area contributed by atoms with Crippen LogP contribution < -0.4 is 5.32 Å². The van der Waals surface area contributed by atoms with Crippen molar-refractivity contribution in [2.75, 3.05) is 39.4 Å². The van der Waals surface area contributed by atoms with Gasteiger partial charge in [-0.05, 0) is 44.0 Å². The van der Waals surface area contributed by atoms with Gasteiger partial charge in [0, 0.05) is 18.6 Å². The van der Waals surface area contributed by atoms with E-state index in [-0.39, 0.29) is 5.54 Å². The van der Waals surface area contributed by atoms with Crippen LogP contribution in [0.4, 0.5) is 0 Å². The fourth-order valence-electron chi connectivity index (χ4n) is 3.68. The third-order valence-corrected chi connectivity index (χ3v) is 4.69. The summed E-state index contributed by atoms with van der Waals surface area (Å²) in [4.78, 5) is 2.67. The van der Waals surface area contributed by atoms with Gasteiger partial charge in [-0.3, -0.25) is 4.90 Å². The molecule has 0 unspecified atom stereocenters. The number of aryl methyl sites for hydroxylation is 1. The van der Waals surface area contributed by atoms with Gasteiger partial charge in [-0.15, -0.1) is 0 Å². The lowest BCUT2D eigenvalue weighted by Gasteiger charge is -2.49. The van der Waals surface area contributed by atoms with Crippen molar-refractivity contribution >= 4 is 0 Å². The van der Waals surface area contributed by atoms with Crippen LogP contribution in [0.3, 0.4) is 0 Å². The summed E-state index contributed by atoms with van der Waals surface area (Å²) >= 11 is 0. The summed E-state index contributed by atoms with van der Waals surface area (Å²) in [6.45, 7) is 8.36. The monoisotopic (exact) mass is 260 g/mol. The lowest BCUT2D eigenvalue weighted by molar-refractivity contribution is -0.0378. The Kier molecular flexibility index (Phi) is 3.87. The molecule has 0 radical (unpaired) electrons. The zero-order chi connectivity index (χ0) is 13.1. The average molecular weight is 260 g/mol. The molecular formula is C16H24N2O.